The Morgan fingerprint density at radius 3 is 2.68 bits per heavy atom. The van der Waals surface area contributed by atoms with Gasteiger partial charge in [0.2, 0.25) is 4.77 Å². The number of rotatable bonds is 6. The number of aromatic nitrogens is 3. The molecule has 1 aromatic heterocycles. The van der Waals surface area contributed by atoms with Gasteiger partial charge in [0.05, 0.1) is 13.2 Å². The van der Waals surface area contributed by atoms with E-state index in [4.69, 9.17) is 17.0 Å². The van der Waals surface area contributed by atoms with Crippen LogP contribution in [0.3, 0.4) is 0 Å². The second-order valence-corrected chi connectivity index (χ2v) is 4.43. The minimum atomic E-state index is 0.586. The maximum atomic E-state index is 5.41. The predicted molar refractivity (Wildman–Crippen MR) is 77.5 cm³/mol. The minimum absolute atomic E-state index is 0.586. The van der Waals surface area contributed by atoms with E-state index in [1.165, 1.54) is 0 Å². The molecule has 2 aromatic rings. The van der Waals surface area contributed by atoms with E-state index in [-0.39, 0.29) is 0 Å². The Kier molecular flexibility index (Phi) is 4.57. The molecule has 0 radical (unpaired) electrons. The average molecular weight is 278 g/mol. The molecule has 0 amide bonds. The van der Waals surface area contributed by atoms with Crippen molar-refractivity contribution in [2.45, 2.75) is 26.8 Å². The molecule has 2 rings (SSSR count). The Morgan fingerprint density at radius 1 is 1.32 bits per heavy atom. The summed E-state index contributed by atoms with van der Waals surface area (Å²) >= 11 is 5.17. The topological polar surface area (TPSA) is 54.9 Å². The number of aryl methyl sites for hydroxylation is 1. The summed E-state index contributed by atoms with van der Waals surface area (Å²) in [7, 11) is 0. The lowest BCUT2D eigenvalue weighted by Crippen LogP contribution is -2.17. The van der Waals surface area contributed by atoms with Crippen molar-refractivity contribution in [1.82, 2.24) is 14.9 Å². The third kappa shape index (κ3) is 3.35. The number of nitrogens with zero attached hydrogens (tertiary/aromatic N) is 2. The Hall–Kier alpha value is -1.82. The van der Waals surface area contributed by atoms with Crippen LogP contribution in [0.2, 0.25) is 0 Å². The summed E-state index contributed by atoms with van der Waals surface area (Å²) < 4.78 is 7.81. The summed E-state index contributed by atoms with van der Waals surface area (Å²) in [6, 6.07) is 8.01. The lowest BCUT2D eigenvalue weighted by atomic mass is 10.2. The van der Waals surface area contributed by atoms with Crippen molar-refractivity contribution in [2.24, 2.45) is 0 Å². The van der Waals surface area contributed by atoms with E-state index < -0.39 is 0 Å². The van der Waals surface area contributed by atoms with Gasteiger partial charge in [0, 0.05) is 6.42 Å². The Balaban J connectivity index is 2.02. The van der Waals surface area contributed by atoms with E-state index in [9.17, 15) is 0 Å². The van der Waals surface area contributed by atoms with Crippen LogP contribution >= 0.6 is 12.2 Å². The van der Waals surface area contributed by atoms with Gasteiger partial charge in [-0.15, -0.1) is 0 Å². The smallest absolute Gasteiger partial charge is 0.214 e. The number of aromatic amines is 1. The first-order valence-corrected chi connectivity index (χ1v) is 6.77. The minimum Gasteiger partial charge on any atom is -0.494 e. The monoisotopic (exact) mass is 278 g/mol. The lowest BCUT2D eigenvalue weighted by Gasteiger charge is -2.10. The summed E-state index contributed by atoms with van der Waals surface area (Å²) in [5, 5.41) is 6.93. The van der Waals surface area contributed by atoms with Crippen LogP contribution in [0, 0.1) is 4.77 Å². The Bertz CT molecular complexity index is 573. The Morgan fingerprint density at radius 2 is 2.05 bits per heavy atom. The molecule has 102 valence electrons. The highest BCUT2D eigenvalue weighted by Gasteiger charge is 2.03. The van der Waals surface area contributed by atoms with Gasteiger partial charge in [-0.1, -0.05) is 19.1 Å². The van der Waals surface area contributed by atoms with Crippen molar-refractivity contribution in [3.05, 3.63) is 40.4 Å². The molecule has 0 atom stereocenters. The SMILES string of the molecule is CCOc1ccc(CNn2c(CC)n[nH]c2=S)cc1. The molecule has 0 saturated carbocycles. The van der Waals surface area contributed by atoms with Crippen molar-refractivity contribution in [3.8, 4) is 5.75 Å². The van der Waals surface area contributed by atoms with E-state index in [1.54, 1.807) is 0 Å². The summed E-state index contributed by atoms with van der Waals surface area (Å²) in [5.41, 5.74) is 4.42. The van der Waals surface area contributed by atoms with Gasteiger partial charge < -0.3 is 10.2 Å². The van der Waals surface area contributed by atoms with Gasteiger partial charge in [-0.25, -0.2) is 4.68 Å². The molecule has 1 aromatic carbocycles. The van der Waals surface area contributed by atoms with Crippen LogP contribution in [0.25, 0.3) is 0 Å². The van der Waals surface area contributed by atoms with Crippen LogP contribution in [0.4, 0.5) is 0 Å². The van der Waals surface area contributed by atoms with Gasteiger partial charge in [0.15, 0.2) is 5.82 Å². The van der Waals surface area contributed by atoms with Crippen molar-refractivity contribution in [3.63, 3.8) is 0 Å². The second kappa shape index (κ2) is 6.38. The van der Waals surface area contributed by atoms with Crippen molar-refractivity contribution < 1.29 is 4.74 Å². The van der Waals surface area contributed by atoms with Gasteiger partial charge >= 0.3 is 0 Å². The molecule has 0 spiro atoms. The zero-order valence-electron chi connectivity index (χ0n) is 11.1. The fourth-order valence-electron chi connectivity index (χ4n) is 1.77. The fourth-order valence-corrected chi connectivity index (χ4v) is 1.99. The maximum absolute atomic E-state index is 5.41. The van der Waals surface area contributed by atoms with Gasteiger partial charge in [0.1, 0.15) is 5.75 Å². The first-order valence-electron chi connectivity index (χ1n) is 6.36. The summed E-state index contributed by atoms with van der Waals surface area (Å²) in [5.74, 6) is 1.79. The third-order valence-corrected chi connectivity index (χ3v) is 3.01. The molecule has 0 aliphatic carbocycles. The number of nitrogens with one attached hydrogen (secondary N) is 2. The molecule has 0 aliphatic rings. The highest BCUT2D eigenvalue weighted by atomic mass is 32.1. The highest BCUT2D eigenvalue weighted by molar-refractivity contribution is 7.71. The molecule has 5 nitrogen and oxygen atoms in total. The van der Waals surface area contributed by atoms with Crippen LogP contribution in [0.1, 0.15) is 25.2 Å². The quantitative estimate of drug-likeness (QED) is 0.798. The van der Waals surface area contributed by atoms with Crippen LogP contribution < -0.4 is 10.2 Å². The first-order chi connectivity index (χ1) is 9.24. The summed E-state index contributed by atoms with van der Waals surface area (Å²) in [6.07, 6.45) is 0.823. The molecule has 6 heteroatoms. The van der Waals surface area contributed by atoms with Gasteiger partial charge in [0.25, 0.3) is 0 Å². The lowest BCUT2D eigenvalue weighted by molar-refractivity contribution is 0.340. The van der Waals surface area contributed by atoms with Crippen LogP contribution in [0.5, 0.6) is 5.75 Å². The molecular formula is C13H18N4OS. The van der Waals surface area contributed by atoms with Crippen molar-refractivity contribution in [2.75, 3.05) is 12.0 Å². The number of ether oxygens (including phenoxy) is 1. The molecule has 0 unspecified atom stereocenters. The number of H-pyrrole nitrogens is 1. The molecule has 1 heterocycles. The average Bonchev–Trinajstić information content (AvgIpc) is 2.79. The molecule has 0 saturated heterocycles. The molecule has 0 aliphatic heterocycles. The Labute approximate surface area is 117 Å². The van der Waals surface area contributed by atoms with E-state index >= 15 is 0 Å². The fraction of sp³-hybridized carbons (Fsp3) is 0.385. The van der Waals surface area contributed by atoms with Gasteiger partial charge in [-0.05, 0) is 36.8 Å². The van der Waals surface area contributed by atoms with E-state index in [0.29, 0.717) is 17.9 Å². The normalized spacial score (nSPS) is 10.4. The number of hydrogen-bond acceptors (Lipinski definition) is 4. The van der Waals surface area contributed by atoms with E-state index in [2.05, 4.69) is 15.6 Å². The standard InChI is InChI=1S/C13H18N4OS/c1-3-12-15-16-13(19)17(12)14-9-10-5-7-11(8-6-10)18-4-2/h5-8,14H,3-4,9H2,1-2H3,(H,16,19). The van der Waals surface area contributed by atoms with E-state index in [1.807, 2.05) is 42.8 Å². The van der Waals surface area contributed by atoms with Crippen molar-refractivity contribution >= 4 is 12.2 Å². The van der Waals surface area contributed by atoms with Crippen LogP contribution in [-0.4, -0.2) is 21.5 Å². The number of benzene rings is 1. The largest absolute Gasteiger partial charge is 0.494 e. The maximum Gasteiger partial charge on any atom is 0.214 e. The third-order valence-electron chi connectivity index (χ3n) is 2.73. The molecule has 0 bridgehead atoms. The van der Waals surface area contributed by atoms with Crippen LogP contribution in [-0.2, 0) is 13.0 Å². The molecule has 19 heavy (non-hydrogen) atoms. The predicted octanol–water partition coefficient (Wildman–Crippen LogP) is 2.65. The summed E-state index contributed by atoms with van der Waals surface area (Å²) in [4.78, 5) is 0. The molecule has 2 N–H and O–H groups in total. The van der Waals surface area contributed by atoms with E-state index in [0.717, 1.165) is 23.6 Å². The first kappa shape index (κ1) is 13.6. The second-order valence-electron chi connectivity index (χ2n) is 4.05. The highest BCUT2D eigenvalue weighted by Crippen LogP contribution is 2.12. The van der Waals surface area contributed by atoms with Gasteiger partial charge in [-0.2, -0.15) is 5.10 Å². The number of hydrogen-bond donors (Lipinski definition) is 2. The van der Waals surface area contributed by atoms with Crippen molar-refractivity contribution in [1.29, 1.82) is 0 Å². The molecular weight excluding hydrogens is 260 g/mol. The zero-order valence-corrected chi connectivity index (χ0v) is 12.0. The summed E-state index contributed by atoms with van der Waals surface area (Å²) in [6.45, 7) is 5.39. The van der Waals surface area contributed by atoms with Crippen LogP contribution in [0.15, 0.2) is 24.3 Å². The van der Waals surface area contributed by atoms with Gasteiger partial charge in [-0.3, -0.25) is 5.10 Å². The molecule has 0 fully saturated rings. The zero-order chi connectivity index (χ0) is 13.7.